The van der Waals surface area contributed by atoms with Gasteiger partial charge in [0.1, 0.15) is 17.7 Å². The Morgan fingerprint density at radius 1 is 1.31 bits per heavy atom. The lowest BCUT2D eigenvalue weighted by Gasteiger charge is -2.32. The maximum Gasteiger partial charge on any atom is 0.391 e. The van der Waals surface area contributed by atoms with Crippen molar-refractivity contribution in [1.82, 2.24) is 9.97 Å². The van der Waals surface area contributed by atoms with Gasteiger partial charge in [-0.2, -0.15) is 13.2 Å². The Hall–Kier alpha value is -1.65. The van der Waals surface area contributed by atoms with Crippen LogP contribution in [0.15, 0.2) is 23.2 Å². The number of nitrogens with zero attached hydrogens (tertiary/aromatic N) is 1. The number of benzene rings is 1. The molecule has 1 atom stereocenters. The van der Waals surface area contributed by atoms with E-state index in [1.165, 1.54) is 12.1 Å². The topological polar surface area (TPSA) is 78.8 Å². The number of aryl methyl sites for hydroxylation is 1. The summed E-state index contributed by atoms with van der Waals surface area (Å²) < 4.78 is 77.3. The SMILES string of the molecule is Cc1[nH]c(C(OC2CCC(C(F)(F)F)CC2)c2ccc(F)c(Cl)c2)nc1[S-](=N)=O. The molecule has 11 heteroatoms. The molecule has 0 amide bonds. The minimum Gasteiger partial charge on any atom is -0.439 e. The molecular weight excluding hydrogens is 434 g/mol. The molecule has 0 aliphatic heterocycles. The fourth-order valence-corrected chi connectivity index (χ4v) is 4.17. The van der Waals surface area contributed by atoms with Crippen LogP contribution in [0.3, 0.4) is 0 Å². The van der Waals surface area contributed by atoms with E-state index in [4.69, 9.17) is 21.1 Å². The fourth-order valence-electron chi connectivity index (χ4n) is 3.47. The zero-order valence-corrected chi connectivity index (χ0v) is 16.9. The van der Waals surface area contributed by atoms with Crippen LogP contribution < -0.4 is 0 Å². The molecule has 1 saturated carbocycles. The Labute approximate surface area is 171 Å². The van der Waals surface area contributed by atoms with Crippen molar-refractivity contribution >= 4 is 22.2 Å². The van der Waals surface area contributed by atoms with Crippen molar-refractivity contribution in [1.29, 1.82) is 4.78 Å². The predicted molar refractivity (Wildman–Crippen MR) is 98.5 cm³/mol. The van der Waals surface area contributed by atoms with Gasteiger partial charge >= 0.3 is 6.18 Å². The second kappa shape index (κ2) is 8.61. The molecule has 1 fully saturated rings. The molecule has 1 aliphatic carbocycles. The lowest BCUT2D eigenvalue weighted by Crippen LogP contribution is -2.31. The van der Waals surface area contributed by atoms with E-state index < -0.39 is 40.7 Å². The molecule has 29 heavy (non-hydrogen) atoms. The van der Waals surface area contributed by atoms with Crippen molar-refractivity contribution in [2.24, 2.45) is 5.92 Å². The first-order valence-electron chi connectivity index (χ1n) is 8.93. The smallest absolute Gasteiger partial charge is 0.391 e. The van der Waals surface area contributed by atoms with Gasteiger partial charge in [0.25, 0.3) is 0 Å². The summed E-state index contributed by atoms with van der Waals surface area (Å²) in [4.78, 5) is 7.09. The summed E-state index contributed by atoms with van der Waals surface area (Å²) in [6.45, 7) is 1.60. The average molecular weight is 453 g/mol. The second-order valence-electron chi connectivity index (χ2n) is 7.03. The first-order chi connectivity index (χ1) is 13.6. The van der Waals surface area contributed by atoms with Gasteiger partial charge in [0.2, 0.25) is 0 Å². The minimum absolute atomic E-state index is 0.0302. The third-order valence-electron chi connectivity index (χ3n) is 4.99. The molecule has 1 heterocycles. The molecule has 2 N–H and O–H groups in total. The van der Waals surface area contributed by atoms with Gasteiger partial charge in [0.15, 0.2) is 0 Å². The minimum atomic E-state index is -4.22. The van der Waals surface area contributed by atoms with Gasteiger partial charge in [0.05, 0.1) is 17.0 Å². The third-order valence-corrected chi connectivity index (χ3v) is 6.03. The highest BCUT2D eigenvalue weighted by molar-refractivity contribution is 7.73. The molecule has 2 aromatic rings. The Bertz CT molecular complexity index is 945. The van der Waals surface area contributed by atoms with Crippen molar-refractivity contribution in [3.8, 4) is 0 Å². The van der Waals surface area contributed by atoms with Crippen LogP contribution in [-0.4, -0.2) is 22.2 Å². The molecule has 0 radical (unpaired) electrons. The van der Waals surface area contributed by atoms with Gasteiger partial charge in [-0.15, -0.1) is 10.6 Å². The average Bonchev–Trinajstić information content (AvgIpc) is 3.03. The van der Waals surface area contributed by atoms with Gasteiger partial charge in [-0.1, -0.05) is 17.7 Å². The molecule has 3 rings (SSSR count). The Kier molecular flexibility index (Phi) is 6.54. The van der Waals surface area contributed by atoms with Gasteiger partial charge in [-0.3, -0.25) is 4.98 Å². The van der Waals surface area contributed by atoms with Crippen molar-refractivity contribution in [2.75, 3.05) is 0 Å². The molecule has 0 spiro atoms. The fraction of sp³-hybridized carbons (Fsp3) is 0.500. The number of hydrogen-bond donors (Lipinski definition) is 2. The van der Waals surface area contributed by atoms with Crippen LogP contribution in [-0.2, 0) is 19.5 Å². The molecule has 0 saturated heterocycles. The van der Waals surface area contributed by atoms with E-state index in [9.17, 15) is 21.8 Å². The summed E-state index contributed by atoms with van der Waals surface area (Å²) in [5, 5.41) is -0.105. The molecule has 1 aromatic carbocycles. The number of ether oxygens (including phenoxy) is 1. The number of aromatic nitrogens is 2. The first-order valence-corrected chi connectivity index (χ1v) is 10.5. The van der Waals surface area contributed by atoms with Crippen LogP contribution in [0.25, 0.3) is 0 Å². The number of imidazole rings is 1. The van der Waals surface area contributed by atoms with Crippen molar-refractivity contribution in [3.05, 3.63) is 46.1 Å². The maximum absolute atomic E-state index is 13.6. The van der Waals surface area contributed by atoms with Crippen molar-refractivity contribution in [2.45, 2.75) is 56.0 Å². The summed E-state index contributed by atoms with van der Waals surface area (Å²) in [6.07, 6.45) is -5.21. The molecule has 5 nitrogen and oxygen atoms in total. The van der Waals surface area contributed by atoms with E-state index in [1.807, 2.05) is 0 Å². The zero-order chi connectivity index (χ0) is 21.3. The van der Waals surface area contributed by atoms with Crippen molar-refractivity contribution < 1.29 is 26.5 Å². The number of aromatic amines is 1. The van der Waals surface area contributed by atoms with Crippen LogP contribution in [0.4, 0.5) is 17.6 Å². The molecule has 160 valence electrons. The molecule has 1 aromatic heterocycles. The first kappa shape index (κ1) is 22.0. The van der Waals surface area contributed by atoms with Gasteiger partial charge in [-0.25, -0.2) is 4.39 Å². The number of nitrogens with one attached hydrogen (secondary N) is 2. The summed E-state index contributed by atoms with van der Waals surface area (Å²) in [7, 11) is -2.08. The van der Waals surface area contributed by atoms with Crippen molar-refractivity contribution in [3.63, 3.8) is 0 Å². The molecular formula is C18H19ClF4N3O2S-. The van der Waals surface area contributed by atoms with E-state index in [1.54, 1.807) is 6.92 Å². The Morgan fingerprint density at radius 2 is 1.97 bits per heavy atom. The largest absolute Gasteiger partial charge is 0.439 e. The van der Waals surface area contributed by atoms with Crippen LogP contribution in [0, 0.1) is 23.4 Å². The lowest BCUT2D eigenvalue weighted by molar-refractivity contribution is -0.188. The lowest BCUT2D eigenvalue weighted by atomic mass is 9.87. The van der Waals surface area contributed by atoms with E-state index >= 15 is 0 Å². The quantitative estimate of drug-likeness (QED) is 0.443. The molecule has 1 unspecified atom stereocenters. The standard InChI is InChI=1S/C18H19ClF4N3O2S/c1-9-17(29(24)27)26-16(25-9)15(10-2-7-14(20)13(19)8-10)28-12-5-3-11(4-6-12)18(21,22)23/h2,7-8,11-12,15,24H,3-6H2,1H3,(H,25,26)/q-1. The monoisotopic (exact) mass is 452 g/mol. The number of hydrogen-bond acceptors (Lipinski definition) is 5. The summed E-state index contributed by atoms with van der Waals surface area (Å²) in [6, 6.07) is 3.97. The van der Waals surface area contributed by atoms with Gasteiger partial charge in [-0.05, 0) is 50.3 Å². The highest BCUT2D eigenvalue weighted by Crippen LogP contribution is 2.40. The van der Waals surface area contributed by atoms with E-state index in [2.05, 4.69) is 9.97 Å². The zero-order valence-electron chi connectivity index (χ0n) is 15.4. The highest BCUT2D eigenvalue weighted by atomic mass is 35.5. The van der Waals surface area contributed by atoms with E-state index in [-0.39, 0.29) is 41.6 Å². The summed E-state index contributed by atoms with van der Waals surface area (Å²) in [5.74, 6) is -1.73. The second-order valence-corrected chi connectivity index (χ2v) is 8.36. The van der Waals surface area contributed by atoms with Crippen LogP contribution >= 0.6 is 11.6 Å². The number of halogens is 5. The number of rotatable bonds is 5. The van der Waals surface area contributed by atoms with Gasteiger partial charge in [0, 0.05) is 10.7 Å². The van der Waals surface area contributed by atoms with Crippen LogP contribution in [0.1, 0.15) is 48.9 Å². The summed E-state index contributed by atoms with van der Waals surface area (Å²) in [5.41, 5.74) is 0.862. The summed E-state index contributed by atoms with van der Waals surface area (Å²) >= 11 is 5.88. The van der Waals surface area contributed by atoms with Gasteiger partial charge < -0.3 is 18.7 Å². The Morgan fingerprint density at radius 3 is 2.48 bits per heavy atom. The molecule has 1 aliphatic rings. The predicted octanol–water partition coefficient (Wildman–Crippen LogP) is 5.82. The normalized spacial score (nSPS) is 21.5. The number of H-pyrrole nitrogens is 1. The molecule has 0 bridgehead atoms. The number of alkyl halides is 3. The van der Waals surface area contributed by atoms with E-state index in [0.29, 0.717) is 11.3 Å². The van der Waals surface area contributed by atoms with Crippen LogP contribution in [0.2, 0.25) is 5.02 Å². The van der Waals surface area contributed by atoms with Crippen LogP contribution in [0.5, 0.6) is 0 Å². The Balaban J connectivity index is 1.88. The third kappa shape index (κ3) is 5.10. The van der Waals surface area contributed by atoms with E-state index in [0.717, 1.165) is 6.07 Å². The highest BCUT2D eigenvalue weighted by Gasteiger charge is 2.42. The maximum atomic E-state index is 13.6.